The molecule has 0 fully saturated rings. The Hall–Kier alpha value is -0.480. The Morgan fingerprint density at radius 2 is 2.06 bits per heavy atom. The molecule has 0 aliphatic heterocycles. The molecule has 1 unspecified atom stereocenters. The lowest BCUT2D eigenvalue weighted by Crippen LogP contribution is -2.22. The minimum Gasteiger partial charge on any atom is -0.241 e. The van der Waals surface area contributed by atoms with Crippen LogP contribution in [-0.4, -0.2) is 14.8 Å². The van der Waals surface area contributed by atoms with E-state index in [1.54, 1.807) is 17.7 Å². The van der Waals surface area contributed by atoms with E-state index in [4.69, 9.17) is 0 Å². The maximum atomic E-state index is 4.47. The normalized spacial score (nSPS) is 14.1. The third-order valence-corrected chi connectivity index (χ3v) is 6.01. The van der Waals surface area contributed by atoms with Crippen molar-refractivity contribution in [3.8, 4) is 0 Å². The third-order valence-electron chi connectivity index (χ3n) is 3.12. The van der Waals surface area contributed by atoms with Gasteiger partial charge in [-0.1, -0.05) is 43.6 Å². The summed E-state index contributed by atoms with van der Waals surface area (Å²) in [7, 11) is 0. The zero-order chi connectivity index (χ0) is 13.3. The van der Waals surface area contributed by atoms with E-state index < -0.39 is 0 Å². The molecule has 0 aromatic carbocycles. The lowest BCUT2D eigenvalue weighted by molar-refractivity contribution is 0.396. The fourth-order valence-electron chi connectivity index (χ4n) is 1.77. The minimum atomic E-state index is 0.237. The second-order valence-electron chi connectivity index (χ2n) is 5.64. The number of alkyl halides is 1. The van der Waals surface area contributed by atoms with E-state index in [2.05, 4.69) is 59.7 Å². The number of fused-ring (bicyclic) bond motifs is 1. The largest absolute Gasteiger partial charge is 0.241 e. The summed E-state index contributed by atoms with van der Waals surface area (Å²) < 4.78 is 0. The number of rotatable bonds is 3. The number of thiophene rings is 1. The van der Waals surface area contributed by atoms with Crippen LogP contribution in [0, 0.1) is 5.41 Å². The van der Waals surface area contributed by atoms with Crippen molar-refractivity contribution in [2.75, 3.05) is 0 Å². The summed E-state index contributed by atoms with van der Waals surface area (Å²) >= 11 is 5.57. The summed E-state index contributed by atoms with van der Waals surface area (Å²) in [6.45, 7) is 8.92. The Morgan fingerprint density at radius 1 is 1.33 bits per heavy atom. The monoisotopic (exact) mass is 326 g/mol. The van der Waals surface area contributed by atoms with Gasteiger partial charge in [-0.2, -0.15) is 0 Å². The molecule has 0 spiro atoms. The van der Waals surface area contributed by atoms with Crippen molar-refractivity contribution in [1.82, 2.24) is 9.97 Å². The van der Waals surface area contributed by atoms with Crippen LogP contribution in [0.4, 0.5) is 0 Å². The number of nitrogens with zero attached hydrogens (tertiary/aromatic N) is 2. The van der Waals surface area contributed by atoms with Gasteiger partial charge >= 0.3 is 0 Å². The van der Waals surface area contributed by atoms with Crippen molar-refractivity contribution in [1.29, 1.82) is 0 Å². The molecular weight excluding hydrogens is 308 g/mol. The maximum absolute atomic E-state index is 4.47. The Morgan fingerprint density at radius 3 is 2.67 bits per heavy atom. The molecule has 2 aromatic rings. The van der Waals surface area contributed by atoms with Crippen LogP contribution in [-0.2, 0) is 12.8 Å². The van der Waals surface area contributed by atoms with Crippen molar-refractivity contribution in [2.45, 2.75) is 45.4 Å². The summed E-state index contributed by atoms with van der Waals surface area (Å²) in [5, 5.41) is 1.23. The average molecular weight is 327 g/mol. The summed E-state index contributed by atoms with van der Waals surface area (Å²) in [5.74, 6) is 0. The number of hydrogen-bond acceptors (Lipinski definition) is 3. The van der Waals surface area contributed by atoms with Gasteiger partial charge in [0.15, 0.2) is 0 Å². The Kier molecular flexibility index (Phi) is 4.07. The van der Waals surface area contributed by atoms with Crippen molar-refractivity contribution < 1.29 is 0 Å². The third kappa shape index (κ3) is 2.91. The van der Waals surface area contributed by atoms with E-state index in [0.717, 1.165) is 23.4 Å². The van der Waals surface area contributed by atoms with E-state index in [9.17, 15) is 0 Å². The molecular formula is C14H19BrN2S. The first-order valence-corrected chi connectivity index (χ1v) is 8.01. The molecule has 18 heavy (non-hydrogen) atoms. The van der Waals surface area contributed by atoms with E-state index in [-0.39, 0.29) is 5.41 Å². The van der Waals surface area contributed by atoms with Crippen LogP contribution in [0.3, 0.4) is 0 Å². The molecule has 0 bridgehead atoms. The first-order chi connectivity index (χ1) is 8.41. The maximum Gasteiger partial charge on any atom is 0.127 e. The number of aromatic nitrogens is 2. The van der Waals surface area contributed by atoms with Gasteiger partial charge in [-0.15, -0.1) is 11.3 Å². The molecule has 1 atom stereocenters. The molecule has 2 nitrogen and oxygen atoms in total. The van der Waals surface area contributed by atoms with Gasteiger partial charge < -0.3 is 0 Å². The highest BCUT2D eigenvalue weighted by Crippen LogP contribution is 2.32. The van der Waals surface area contributed by atoms with Gasteiger partial charge in [-0.25, -0.2) is 9.97 Å². The van der Waals surface area contributed by atoms with E-state index in [1.807, 2.05) is 0 Å². The predicted octanol–water partition coefficient (Wildman–Crippen LogP) is 4.61. The Balaban J connectivity index is 2.36. The summed E-state index contributed by atoms with van der Waals surface area (Å²) in [5.41, 5.74) is 1.40. The van der Waals surface area contributed by atoms with Crippen molar-refractivity contribution in [3.63, 3.8) is 0 Å². The van der Waals surface area contributed by atoms with Crippen molar-refractivity contribution in [2.24, 2.45) is 5.41 Å². The van der Waals surface area contributed by atoms with Crippen LogP contribution in [0.15, 0.2) is 12.4 Å². The number of halogens is 1. The minimum absolute atomic E-state index is 0.237. The molecule has 0 saturated carbocycles. The van der Waals surface area contributed by atoms with Crippen molar-refractivity contribution in [3.05, 3.63) is 23.0 Å². The summed E-state index contributed by atoms with van der Waals surface area (Å²) in [4.78, 5) is 11.8. The summed E-state index contributed by atoms with van der Waals surface area (Å²) in [6, 6.07) is 2.25. The first-order valence-electron chi connectivity index (χ1n) is 6.28. The summed E-state index contributed by atoms with van der Waals surface area (Å²) in [6.07, 6.45) is 3.70. The smallest absolute Gasteiger partial charge is 0.127 e. The zero-order valence-electron chi connectivity index (χ0n) is 11.3. The fourth-order valence-corrected chi connectivity index (χ4v) is 3.03. The highest BCUT2D eigenvalue weighted by molar-refractivity contribution is 9.09. The molecule has 2 rings (SSSR count). The molecule has 0 N–H and O–H groups in total. The van der Waals surface area contributed by atoms with Crippen LogP contribution in [0.2, 0.25) is 0 Å². The van der Waals surface area contributed by atoms with Crippen LogP contribution >= 0.6 is 27.3 Å². The standard InChI is InChI=1S/C14H19BrN2S/c1-5-9-6-10-11(7-12(15)14(2,3)4)16-8-17-13(10)18-9/h6,8,12H,5,7H2,1-4H3. The Labute approximate surface area is 121 Å². The molecule has 4 heteroatoms. The van der Waals surface area contributed by atoms with Crippen LogP contribution in [0.1, 0.15) is 38.3 Å². The molecule has 0 amide bonds. The molecule has 2 heterocycles. The van der Waals surface area contributed by atoms with E-state index in [0.29, 0.717) is 4.83 Å². The van der Waals surface area contributed by atoms with Crippen LogP contribution < -0.4 is 0 Å². The second-order valence-corrected chi connectivity index (χ2v) is 7.86. The van der Waals surface area contributed by atoms with Gasteiger partial charge in [-0.3, -0.25) is 0 Å². The van der Waals surface area contributed by atoms with Gasteiger partial charge in [0, 0.05) is 21.5 Å². The predicted molar refractivity (Wildman–Crippen MR) is 82.7 cm³/mol. The molecule has 0 saturated heterocycles. The van der Waals surface area contributed by atoms with Crippen LogP contribution in [0.25, 0.3) is 10.2 Å². The van der Waals surface area contributed by atoms with Gasteiger partial charge in [0.05, 0.1) is 5.69 Å². The molecule has 0 aliphatic carbocycles. The lowest BCUT2D eigenvalue weighted by atomic mass is 9.89. The average Bonchev–Trinajstić information content (AvgIpc) is 2.71. The van der Waals surface area contributed by atoms with Gasteiger partial charge in [0.2, 0.25) is 0 Å². The molecule has 98 valence electrons. The van der Waals surface area contributed by atoms with E-state index in [1.165, 1.54) is 10.3 Å². The number of aryl methyl sites for hydroxylation is 1. The molecule has 2 aromatic heterocycles. The molecule has 0 radical (unpaired) electrons. The van der Waals surface area contributed by atoms with Gasteiger partial charge in [-0.05, 0) is 17.9 Å². The SMILES string of the molecule is CCc1cc2c(CC(Br)C(C)(C)C)ncnc2s1. The highest BCUT2D eigenvalue weighted by Gasteiger charge is 2.23. The zero-order valence-corrected chi connectivity index (χ0v) is 13.7. The number of hydrogen-bond donors (Lipinski definition) is 0. The molecule has 0 aliphatic rings. The van der Waals surface area contributed by atoms with Crippen LogP contribution in [0.5, 0.6) is 0 Å². The second kappa shape index (κ2) is 5.25. The topological polar surface area (TPSA) is 25.8 Å². The van der Waals surface area contributed by atoms with Gasteiger partial charge in [0.1, 0.15) is 11.2 Å². The lowest BCUT2D eigenvalue weighted by Gasteiger charge is -2.25. The fraction of sp³-hybridized carbons (Fsp3) is 0.571. The van der Waals surface area contributed by atoms with Gasteiger partial charge in [0.25, 0.3) is 0 Å². The first kappa shape index (κ1) is 13.9. The highest BCUT2D eigenvalue weighted by atomic mass is 79.9. The van der Waals surface area contributed by atoms with Crippen molar-refractivity contribution >= 4 is 37.5 Å². The van der Waals surface area contributed by atoms with E-state index >= 15 is 0 Å². The Bertz CT molecular complexity index is 542. The quantitative estimate of drug-likeness (QED) is 0.770.